The minimum atomic E-state index is -0.399. The summed E-state index contributed by atoms with van der Waals surface area (Å²) in [5, 5.41) is 0. The Morgan fingerprint density at radius 1 is 0.968 bits per heavy atom. The lowest BCUT2D eigenvalue weighted by Crippen LogP contribution is -2.24. The van der Waals surface area contributed by atoms with Gasteiger partial charge in [-0.2, -0.15) is 0 Å². The maximum atomic E-state index is 11.5. The zero-order valence-electron chi connectivity index (χ0n) is 19.1. The standard InChI is InChI=1S/C25H36N2O4/c1-4-6-7-8-9-10-11-21-12-14-22(15-13-21)25-26-16-23(17-27-25)30-18-20(3)31-24(28)19-29-5-2/h12-17,20H,4-11,18-19H2,1-3H3. The summed E-state index contributed by atoms with van der Waals surface area (Å²) in [5.41, 5.74) is 2.34. The Morgan fingerprint density at radius 3 is 2.32 bits per heavy atom. The van der Waals surface area contributed by atoms with Gasteiger partial charge in [0.25, 0.3) is 0 Å². The first-order chi connectivity index (χ1) is 15.1. The lowest BCUT2D eigenvalue weighted by atomic mass is 10.0. The van der Waals surface area contributed by atoms with Gasteiger partial charge in [-0.05, 0) is 32.3 Å². The zero-order chi connectivity index (χ0) is 22.3. The number of aromatic nitrogens is 2. The van der Waals surface area contributed by atoms with Gasteiger partial charge in [0, 0.05) is 12.2 Å². The quantitative estimate of drug-likeness (QED) is 0.280. The number of carbonyl (C=O) groups is 1. The number of rotatable bonds is 15. The molecular formula is C25H36N2O4. The molecule has 170 valence electrons. The molecule has 0 amide bonds. The number of nitrogens with zero attached hydrogens (tertiary/aromatic N) is 2. The number of ether oxygens (including phenoxy) is 3. The third-order valence-corrected chi connectivity index (χ3v) is 4.90. The van der Waals surface area contributed by atoms with Crippen molar-refractivity contribution in [2.24, 2.45) is 0 Å². The second kappa shape index (κ2) is 14.5. The molecule has 0 aliphatic carbocycles. The molecular weight excluding hydrogens is 392 g/mol. The van der Waals surface area contributed by atoms with Crippen LogP contribution in [0.5, 0.6) is 5.75 Å². The van der Waals surface area contributed by atoms with Gasteiger partial charge in [-0.1, -0.05) is 63.3 Å². The number of unbranched alkanes of at least 4 members (excludes halogenated alkanes) is 5. The Morgan fingerprint density at radius 2 is 1.65 bits per heavy atom. The average molecular weight is 429 g/mol. The van der Waals surface area contributed by atoms with E-state index in [0.717, 1.165) is 12.0 Å². The largest absolute Gasteiger partial charge is 0.486 e. The van der Waals surface area contributed by atoms with E-state index < -0.39 is 5.97 Å². The van der Waals surface area contributed by atoms with Crippen molar-refractivity contribution in [3.63, 3.8) is 0 Å². The molecule has 0 N–H and O–H groups in total. The molecule has 6 heteroatoms. The van der Waals surface area contributed by atoms with E-state index >= 15 is 0 Å². The van der Waals surface area contributed by atoms with Crippen LogP contribution in [0.4, 0.5) is 0 Å². The number of hydrogen-bond acceptors (Lipinski definition) is 6. The number of hydrogen-bond donors (Lipinski definition) is 0. The Labute approximate surface area is 186 Å². The maximum Gasteiger partial charge on any atom is 0.332 e. The molecule has 0 radical (unpaired) electrons. The van der Waals surface area contributed by atoms with Crippen molar-refractivity contribution in [1.29, 1.82) is 0 Å². The molecule has 0 saturated carbocycles. The minimum Gasteiger partial charge on any atom is -0.486 e. The summed E-state index contributed by atoms with van der Waals surface area (Å²) in [7, 11) is 0. The van der Waals surface area contributed by atoms with Crippen LogP contribution in [0.2, 0.25) is 0 Å². The summed E-state index contributed by atoms with van der Waals surface area (Å²) in [6.07, 6.45) is 11.9. The van der Waals surface area contributed by atoms with Crippen molar-refractivity contribution in [3.05, 3.63) is 42.2 Å². The molecule has 0 aliphatic rings. The third-order valence-electron chi connectivity index (χ3n) is 4.90. The topological polar surface area (TPSA) is 70.5 Å². The second-order valence-corrected chi connectivity index (χ2v) is 7.71. The maximum absolute atomic E-state index is 11.5. The van der Waals surface area contributed by atoms with Crippen LogP contribution in [0.3, 0.4) is 0 Å². The second-order valence-electron chi connectivity index (χ2n) is 7.71. The molecule has 1 aromatic heterocycles. The molecule has 2 aromatic rings. The van der Waals surface area contributed by atoms with Crippen molar-refractivity contribution in [2.45, 2.75) is 71.8 Å². The number of esters is 1. The number of benzene rings is 1. The lowest BCUT2D eigenvalue weighted by Gasteiger charge is -2.14. The molecule has 0 fully saturated rings. The van der Waals surface area contributed by atoms with Crippen molar-refractivity contribution >= 4 is 5.97 Å². The van der Waals surface area contributed by atoms with Gasteiger partial charge in [-0.3, -0.25) is 0 Å². The zero-order valence-corrected chi connectivity index (χ0v) is 19.1. The fourth-order valence-corrected chi connectivity index (χ4v) is 3.16. The fourth-order valence-electron chi connectivity index (χ4n) is 3.16. The SMILES string of the molecule is CCCCCCCCc1ccc(-c2ncc(OCC(C)OC(=O)COCC)cn2)cc1. The molecule has 0 bridgehead atoms. The van der Waals surface area contributed by atoms with Crippen LogP contribution in [-0.4, -0.2) is 41.9 Å². The van der Waals surface area contributed by atoms with Crippen LogP contribution >= 0.6 is 0 Å². The van der Waals surface area contributed by atoms with Gasteiger partial charge in [0.2, 0.25) is 0 Å². The molecule has 1 aromatic carbocycles. The summed E-state index contributed by atoms with van der Waals surface area (Å²) in [5.74, 6) is 0.801. The van der Waals surface area contributed by atoms with Crippen LogP contribution in [-0.2, 0) is 20.7 Å². The van der Waals surface area contributed by atoms with Gasteiger partial charge in [-0.25, -0.2) is 14.8 Å². The van der Waals surface area contributed by atoms with E-state index in [-0.39, 0.29) is 19.3 Å². The van der Waals surface area contributed by atoms with Crippen LogP contribution in [0, 0.1) is 0 Å². The summed E-state index contributed by atoms with van der Waals surface area (Å²) in [6.45, 7) is 6.51. The summed E-state index contributed by atoms with van der Waals surface area (Å²) < 4.78 is 15.8. The van der Waals surface area contributed by atoms with Gasteiger partial charge in [0.1, 0.15) is 19.3 Å². The predicted octanol–water partition coefficient (Wildman–Crippen LogP) is 5.39. The van der Waals surface area contributed by atoms with E-state index in [1.54, 1.807) is 19.3 Å². The minimum absolute atomic E-state index is 0.0452. The normalized spacial score (nSPS) is 11.8. The van der Waals surface area contributed by atoms with Gasteiger partial charge < -0.3 is 14.2 Å². The average Bonchev–Trinajstić information content (AvgIpc) is 2.79. The monoisotopic (exact) mass is 428 g/mol. The van der Waals surface area contributed by atoms with Crippen LogP contribution < -0.4 is 4.74 Å². The van der Waals surface area contributed by atoms with Crippen molar-refractivity contribution < 1.29 is 19.0 Å². The van der Waals surface area contributed by atoms with Crippen LogP contribution in [0.25, 0.3) is 11.4 Å². The predicted molar refractivity (Wildman–Crippen MR) is 122 cm³/mol. The van der Waals surface area contributed by atoms with Gasteiger partial charge in [0.15, 0.2) is 11.6 Å². The molecule has 2 rings (SSSR count). The molecule has 0 aliphatic heterocycles. The van der Waals surface area contributed by atoms with E-state index in [1.165, 1.54) is 44.1 Å². The van der Waals surface area contributed by atoms with E-state index in [9.17, 15) is 4.79 Å². The molecule has 0 saturated heterocycles. The van der Waals surface area contributed by atoms with E-state index in [2.05, 4.69) is 41.2 Å². The highest BCUT2D eigenvalue weighted by Gasteiger charge is 2.11. The van der Waals surface area contributed by atoms with E-state index in [0.29, 0.717) is 18.2 Å². The van der Waals surface area contributed by atoms with Crippen molar-refractivity contribution in [3.8, 4) is 17.1 Å². The van der Waals surface area contributed by atoms with Crippen LogP contribution in [0.15, 0.2) is 36.7 Å². The Hall–Kier alpha value is -2.47. The Bertz CT molecular complexity index is 747. The lowest BCUT2D eigenvalue weighted by molar-refractivity contribution is -0.154. The number of aryl methyl sites for hydroxylation is 1. The van der Waals surface area contributed by atoms with Gasteiger partial charge >= 0.3 is 5.97 Å². The third kappa shape index (κ3) is 9.92. The highest BCUT2D eigenvalue weighted by molar-refractivity contribution is 5.70. The molecule has 1 heterocycles. The molecule has 1 atom stereocenters. The molecule has 1 unspecified atom stereocenters. The van der Waals surface area contributed by atoms with E-state index in [1.807, 2.05) is 6.92 Å². The number of carbonyl (C=O) groups excluding carboxylic acids is 1. The summed E-state index contributed by atoms with van der Waals surface area (Å²) in [6, 6.07) is 8.46. The van der Waals surface area contributed by atoms with Gasteiger partial charge in [-0.15, -0.1) is 0 Å². The Kier molecular flexibility index (Phi) is 11.6. The molecule has 0 spiro atoms. The first kappa shape index (κ1) is 24.8. The molecule has 6 nitrogen and oxygen atoms in total. The highest BCUT2D eigenvalue weighted by atomic mass is 16.6. The summed E-state index contributed by atoms with van der Waals surface area (Å²) in [4.78, 5) is 20.3. The highest BCUT2D eigenvalue weighted by Crippen LogP contribution is 2.19. The van der Waals surface area contributed by atoms with E-state index in [4.69, 9.17) is 14.2 Å². The summed E-state index contributed by atoms with van der Waals surface area (Å²) >= 11 is 0. The Balaban J connectivity index is 1.75. The van der Waals surface area contributed by atoms with Gasteiger partial charge in [0.05, 0.1) is 12.4 Å². The van der Waals surface area contributed by atoms with Crippen LogP contribution in [0.1, 0.15) is 64.9 Å². The first-order valence-electron chi connectivity index (χ1n) is 11.4. The first-order valence-corrected chi connectivity index (χ1v) is 11.4. The van der Waals surface area contributed by atoms with Crippen molar-refractivity contribution in [2.75, 3.05) is 19.8 Å². The van der Waals surface area contributed by atoms with Crippen molar-refractivity contribution in [1.82, 2.24) is 9.97 Å². The molecule has 31 heavy (non-hydrogen) atoms. The smallest absolute Gasteiger partial charge is 0.332 e. The fraction of sp³-hybridized carbons (Fsp3) is 0.560.